The number of hydrogen-bond acceptors (Lipinski definition) is 0. The third kappa shape index (κ3) is 5.40. The standard InChI is InChI=1S/C12H24/c1-6-7-11(4)8-9-12(5)10(2)3/h10-11H,5-9H2,1-4H3. The van der Waals surface area contributed by atoms with Gasteiger partial charge in [0, 0.05) is 0 Å². The molecule has 72 valence electrons. The summed E-state index contributed by atoms with van der Waals surface area (Å²) in [4.78, 5) is 0. The fourth-order valence-corrected chi connectivity index (χ4v) is 1.36. The predicted molar refractivity (Wildman–Crippen MR) is 57.3 cm³/mol. The molecule has 0 N–H and O–H groups in total. The monoisotopic (exact) mass is 168 g/mol. The maximum absolute atomic E-state index is 4.09. The fourth-order valence-electron chi connectivity index (χ4n) is 1.36. The van der Waals surface area contributed by atoms with Gasteiger partial charge in [-0.15, -0.1) is 0 Å². The molecule has 0 aliphatic carbocycles. The van der Waals surface area contributed by atoms with Crippen molar-refractivity contribution in [3.8, 4) is 0 Å². The Balaban J connectivity index is 3.47. The normalized spacial score (nSPS) is 13.4. The van der Waals surface area contributed by atoms with E-state index >= 15 is 0 Å². The van der Waals surface area contributed by atoms with Gasteiger partial charge < -0.3 is 0 Å². The molecule has 1 unspecified atom stereocenters. The van der Waals surface area contributed by atoms with Crippen LogP contribution in [0, 0.1) is 11.8 Å². The zero-order chi connectivity index (χ0) is 9.56. The van der Waals surface area contributed by atoms with Gasteiger partial charge in [-0.1, -0.05) is 52.7 Å². The van der Waals surface area contributed by atoms with Crippen molar-refractivity contribution in [1.29, 1.82) is 0 Å². The van der Waals surface area contributed by atoms with Crippen LogP contribution in [-0.4, -0.2) is 0 Å². The first-order valence-corrected chi connectivity index (χ1v) is 5.25. The minimum absolute atomic E-state index is 0.666. The summed E-state index contributed by atoms with van der Waals surface area (Å²) in [5.41, 5.74) is 1.41. The first kappa shape index (κ1) is 11.7. The van der Waals surface area contributed by atoms with Crippen LogP contribution in [0.4, 0.5) is 0 Å². The smallest absolute Gasteiger partial charge is 0.0263 e. The van der Waals surface area contributed by atoms with Crippen molar-refractivity contribution in [2.45, 2.75) is 53.4 Å². The topological polar surface area (TPSA) is 0 Å². The molecule has 0 radical (unpaired) electrons. The van der Waals surface area contributed by atoms with Crippen LogP contribution >= 0.6 is 0 Å². The molecular formula is C12H24. The molecule has 0 rings (SSSR count). The number of rotatable bonds is 6. The zero-order valence-corrected chi connectivity index (χ0v) is 9.19. The molecule has 0 nitrogen and oxygen atoms in total. The summed E-state index contributed by atoms with van der Waals surface area (Å²) in [5.74, 6) is 1.55. The van der Waals surface area contributed by atoms with Gasteiger partial charge in [0.25, 0.3) is 0 Å². The molecule has 0 spiro atoms. The van der Waals surface area contributed by atoms with Crippen molar-refractivity contribution < 1.29 is 0 Å². The zero-order valence-electron chi connectivity index (χ0n) is 9.19. The van der Waals surface area contributed by atoms with Crippen LogP contribution in [-0.2, 0) is 0 Å². The molecule has 0 fully saturated rings. The average molecular weight is 168 g/mol. The third-order valence-corrected chi connectivity index (χ3v) is 2.56. The molecule has 0 aromatic carbocycles. The summed E-state index contributed by atoms with van der Waals surface area (Å²) in [6, 6.07) is 0. The Morgan fingerprint density at radius 1 is 1.17 bits per heavy atom. The van der Waals surface area contributed by atoms with Crippen LogP contribution in [0.1, 0.15) is 53.4 Å². The maximum atomic E-state index is 4.09. The van der Waals surface area contributed by atoms with Gasteiger partial charge in [0.1, 0.15) is 0 Å². The molecule has 0 bridgehead atoms. The van der Waals surface area contributed by atoms with Gasteiger partial charge in [0.2, 0.25) is 0 Å². The van der Waals surface area contributed by atoms with E-state index in [1.165, 1.54) is 31.3 Å². The first-order chi connectivity index (χ1) is 5.57. The molecule has 0 aromatic rings. The van der Waals surface area contributed by atoms with Gasteiger partial charge in [0.15, 0.2) is 0 Å². The molecule has 0 aromatic heterocycles. The summed E-state index contributed by atoms with van der Waals surface area (Å²) in [5, 5.41) is 0. The summed E-state index contributed by atoms with van der Waals surface area (Å²) >= 11 is 0. The van der Waals surface area contributed by atoms with E-state index in [2.05, 4.69) is 34.3 Å². The van der Waals surface area contributed by atoms with Crippen molar-refractivity contribution in [1.82, 2.24) is 0 Å². The van der Waals surface area contributed by atoms with E-state index in [1.807, 2.05) is 0 Å². The highest BCUT2D eigenvalue weighted by Gasteiger charge is 2.04. The van der Waals surface area contributed by atoms with Crippen molar-refractivity contribution in [3.05, 3.63) is 12.2 Å². The third-order valence-electron chi connectivity index (χ3n) is 2.56. The van der Waals surface area contributed by atoms with Gasteiger partial charge in [0.05, 0.1) is 0 Å². The lowest BCUT2D eigenvalue weighted by atomic mass is 9.93. The second kappa shape index (κ2) is 6.28. The van der Waals surface area contributed by atoms with Gasteiger partial charge >= 0.3 is 0 Å². The van der Waals surface area contributed by atoms with Crippen LogP contribution in [0.15, 0.2) is 12.2 Å². The second-order valence-electron chi connectivity index (χ2n) is 4.25. The Kier molecular flexibility index (Phi) is 6.14. The Bertz CT molecular complexity index is 122. The molecule has 0 aliphatic rings. The van der Waals surface area contributed by atoms with E-state index in [9.17, 15) is 0 Å². The van der Waals surface area contributed by atoms with Gasteiger partial charge in [-0.2, -0.15) is 0 Å². The first-order valence-electron chi connectivity index (χ1n) is 5.25. The largest absolute Gasteiger partial charge is 0.0996 e. The Morgan fingerprint density at radius 2 is 1.75 bits per heavy atom. The summed E-state index contributed by atoms with van der Waals surface area (Å²) in [6.45, 7) is 13.1. The van der Waals surface area contributed by atoms with Gasteiger partial charge in [-0.05, 0) is 24.7 Å². The van der Waals surface area contributed by atoms with E-state index in [0.29, 0.717) is 5.92 Å². The second-order valence-corrected chi connectivity index (χ2v) is 4.25. The van der Waals surface area contributed by atoms with Crippen molar-refractivity contribution in [2.75, 3.05) is 0 Å². The highest BCUT2D eigenvalue weighted by Crippen LogP contribution is 2.19. The van der Waals surface area contributed by atoms with Crippen LogP contribution in [0.3, 0.4) is 0 Å². The van der Waals surface area contributed by atoms with Crippen LogP contribution in [0.2, 0.25) is 0 Å². The average Bonchev–Trinajstić information content (AvgIpc) is 2.00. The predicted octanol–water partition coefficient (Wildman–Crippen LogP) is 4.42. The molecule has 0 heterocycles. The Labute approximate surface area is 78.1 Å². The number of allylic oxidation sites excluding steroid dienone is 1. The quantitative estimate of drug-likeness (QED) is 0.515. The van der Waals surface area contributed by atoms with Crippen molar-refractivity contribution in [2.24, 2.45) is 11.8 Å². The number of hydrogen-bond donors (Lipinski definition) is 0. The molecule has 0 heteroatoms. The van der Waals surface area contributed by atoms with E-state index < -0.39 is 0 Å². The molecule has 0 amide bonds. The summed E-state index contributed by atoms with van der Waals surface area (Å²) in [6.07, 6.45) is 5.23. The van der Waals surface area contributed by atoms with Crippen molar-refractivity contribution >= 4 is 0 Å². The highest BCUT2D eigenvalue weighted by molar-refractivity contribution is 4.97. The van der Waals surface area contributed by atoms with Crippen LogP contribution < -0.4 is 0 Å². The summed E-state index contributed by atoms with van der Waals surface area (Å²) in [7, 11) is 0. The Hall–Kier alpha value is -0.260. The van der Waals surface area contributed by atoms with Crippen molar-refractivity contribution in [3.63, 3.8) is 0 Å². The molecule has 0 saturated heterocycles. The van der Waals surface area contributed by atoms with Crippen LogP contribution in [0.5, 0.6) is 0 Å². The van der Waals surface area contributed by atoms with E-state index in [1.54, 1.807) is 0 Å². The lowest BCUT2D eigenvalue weighted by Gasteiger charge is -2.13. The minimum Gasteiger partial charge on any atom is -0.0996 e. The van der Waals surface area contributed by atoms with E-state index in [0.717, 1.165) is 5.92 Å². The maximum Gasteiger partial charge on any atom is -0.0263 e. The minimum atomic E-state index is 0.666. The van der Waals surface area contributed by atoms with E-state index in [-0.39, 0.29) is 0 Å². The SMILES string of the molecule is C=C(CCC(C)CCC)C(C)C. The molecule has 0 aliphatic heterocycles. The molecule has 12 heavy (non-hydrogen) atoms. The Morgan fingerprint density at radius 3 is 2.17 bits per heavy atom. The lowest BCUT2D eigenvalue weighted by Crippen LogP contribution is -1.98. The molecule has 1 atom stereocenters. The molecule has 0 saturated carbocycles. The van der Waals surface area contributed by atoms with E-state index in [4.69, 9.17) is 0 Å². The van der Waals surface area contributed by atoms with Crippen LogP contribution in [0.25, 0.3) is 0 Å². The summed E-state index contributed by atoms with van der Waals surface area (Å²) < 4.78 is 0. The van der Waals surface area contributed by atoms with Gasteiger partial charge in [-0.25, -0.2) is 0 Å². The lowest BCUT2D eigenvalue weighted by molar-refractivity contribution is 0.476. The molecular weight excluding hydrogens is 144 g/mol. The fraction of sp³-hybridized carbons (Fsp3) is 0.833. The highest BCUT2D eigenvalue weighted by atomic mass is 14.1. The van der Waals surface area contributed by atoms with Gasteiger partial charge in [-0.3, -0.25) is 0 Å².